The molecule has 21 heavy (non-hydrogen) atoms. The van der Waals surface area contributed by atoms with E-state index >= 15 is 0 Å². The SMILES string of the molecule is CCCC(CCC)Oc1ccc2cc(N)c(=O)oc2c1C. The first-order valence-electron chi connectivity index (χ1n) is 7.56. The van der Waals surface area contributed by atoms with E-state index in [2.05, 4.69) is 13.8 Å². The van der Waals surface area contributed by atoms with Crippen molar-refractivity contribution in [3.05, 3.63) is 34.2 Å². The molecule has 1 aromatic carbocycles. The van der Waals surface area contributed by atoms with Crippen LogP contribution >= 0.6 is 0 Å². The van der Waals surface area contributed by atoms with Gasteiger partial charge in [0.25, 0.3) is 0 Å². The topological polar surface area (TPSA) is 65.5 Å². The second-order valence-corrected chi connectivity index (χ2v) is 5.41. The Morgan fingerprint density at radius 3 is 2.52 bits per heavy atom. The number of ether oxygens (including phenoxy) is 1. The van der Waals surface area contributed by atoms with E-state index in [1.54, 1.807) is 6.07 Å². The molecular weight excluding hydrogens is 266 g/mol. The maximum absolute atomic E-state index is 11.6. The highest BCUT2D eigenvalue weighted by atomic mass is 16.5. The fourth-order valence-electron chi connectivity index (χ4n) is 2.54. The summed E-state index contributed by atoms with van der Waals surface area (Å²) < 4.78 is 11.4. The largest absolute Gasteiger partial charge is 0.490 e. The second-order valence-electron chi connectivity index (χ2n) is 5.41. The molecule has 2 N–H and O–H groups in total. The number of nitrogens with two attached hydrogens (primary N) is 1. The Morgan fingerprint density at radius 1 is 1.24 bits per heavy atom. The van der Waals surface area contributed by atoms with Gasteiger partial charge in [-0.1, -0.05) is 26.7 Å². The number of nitrogen functional groups attached to an aromatic ring is 1. The Bertz CT molecular complexity index is 670. The zero-order valence-corrected chi connectivity index (χ0v) is 12.9. The van der Waals surface area contributed by atoms with Crippen molar-refractivity contribution in [2.45, 2.75) is 52.6 Å². The lowest BCUT2D eigenvalue weighted by Crippen LogP contribution is -2.16. The van der Waals surface area contributed by atoms with Gasteiger partial charge < -0.3 is 14.9 Å². The monoisotopic (exact) mass is 289 g/mol. The van der Waals surface area contributed by atoms with Crippen LogP contribution in [-0.4, -0.2) is 6.10 Å². The van der Waals surface area contributed by atoms with Crippen LogP contribution in [-0.2, 0) is 0 Å². The second kappa shape index (κ2) is 6.66. The Labute approximate surface area is 124 Å². The van der Waals surface area contributed by atoms with Crippen LogP contribution in [0, 0.1) is 6.92 Å². The van der Waals surface area contributed by atoms with E-state index in [-0.39, 0.29) is 11.8 Å². The number of aryl methyl sites for hydroxylation is 1. The van der Waals surface area contributed by atoms with Gasteiger partial charge in [-0.05, 0) is 38.0 Å². The Morgan fingerprint density at radius 2 is 1.90 bits per heavy atom. The molecule has 0 saturated heterocycles. The fourth-order valence-corrected chi connectivity index (χ4v) is 2.54. The lowest BCUT2D eigenvalue weighted by Gasteiger charge is -2.19. The summed E-state index contributed by atoms with van der Waals surface area (Å²) in [5.74, 6) is 0.780. The molecule has 0 spiro atoms. The number of rotatable bonds is 6. The molecule has 0 amide bonds. The summed E-state index contributed by atoms with van der Waals surface area (Å²) in [6, 6.07) is 5.45. The standard InChI is InChI=1S/C17H23NO3/c1-4-6-13(7-5-2)20-15-9-8-12-10-14(18)17(19)21-16(12)11(15)3/h8-10,13H,4-7,18H2,1-3H3. The van der Waals surface area contributed by atoms with E-state index in [9.17, 15) is 4.79 Å². The summed E-state index contributed by atoms with van der Waals surface area (Å²) in [4.78, 5) is 11.6. The lowest BCUT2D eigenvalue weighted by molar-refractivity contribution is 0.177. The van der Waals surface area contributed by atoms with Gasteiger partial charge in [-0.3, -0.25) is 0 Å². The van der Waals surface area contributed by atoms with Crippen LogP contribution in [0.2, 0.25) is 0 Å². The van der Waals surface area contributed by atoms with Crippen molar-refractivity contribution >= 4 is 16.7 Å². The fraction of sp³-hybridized carbons (Fsp3) is 0.471. The smallest absolute Gasteiger partial charge is 0.359 e. The Kier molecular flexibility index (Phi) is 4.89. The van der Waals surface area contributed by atoms with E-state index in [0.717, 1.165) is 42.4 Å². The highest BCUT2D eigenvalue weighted by Gasteiger charge is 2.14. The van der Waals surface area contributed by atoms with Crippen molar-refractivity contribution in [3.63, 3.8) is 0 Å². The van der Waals surface area contributed by atoms with Gasteiger partial charge in [0.05, 0.1) is 6.10 Å². The van der Waals surface area contributed by atoms with Gasteiger partial charge in [-0.2, -0.15) is 0 Å². The summed E-state index contributed by atoms with van der Waals surface area (Å²) in [6.07, 6.45) is 4.43. The molecule has 0 aliphatic heterocycles. The molecule has 0 radical (unpaired) electrons. The van der Waals surface area contributed by atoms with Crippen molar-refractivity contribution in [2.75, 3.05) is 5.73 Å². The summed E-state index contributed by atoms with van der Waals surface area (Å²) in [5, 5.41) is 0.819. The minimum atomic E-state index is -0.499. The van der Waals surface area contributed by atoms with Crippen molar-refractivity contribution in [3.8, 4) is 5.75 Å². The van der Waals surface area contributed by atoms with Gasteiger partial charge >= 0.3 is 5.63 Å². The normalized spacial score (nSPS) is 11.2. The molecule has 0 unspecified atom stereocenters. The zero-order chi connectivity index (χ0) is 15.4. The molecule has 0 saturated carbocycles. The van der Waals surface area contributed by atoms with Crippen LogP contribution in [0.3, 0.4) is 0 Å². The summed E-state index contributed by atoms with van der Waals surface area (Å²) >= 11 is 0. The molecule has 114 valence electrons. The van der Waals surface area contributed by atoms with Crippen LogP contribution in [0.1, 0.15) is 45.1 Å². The number of hydrogen-bond acceptors (Lipinski definition) is 4. The summed E-state index contributed by atoms with van der Waals surface area (Å²) in [7, 11) is 0. The van der Waals surface area contributed by atoms with E-state index in [1.165, 1.54) is 0 Å². The van der Waals surface area contributed by atoms with Gasteiger partial charge in [0, 0.05) is 10.9 Å². The van der Waals surface area contributed by atoms with Gasteiger partial charge in [0.2, 0.25) is 0 Å². The zero-order valence-electron chi connectivity index (χ0n) is 12.9. The molecule has 1 aromatic heterocycles. The van der Waals surface area contributed by atoms with Gasteiger partial charge in [0.1, 0.15) is 17.0 Å². The average Bonchev–Trinajstić information content (AvgIpc) is 2.45. The first kappa shape index (κ1) is 15.4. The third kappa shape index (κ3) is 3.38. The Balaban J connectivity index is 2.38. The molecule has 0 fully saturated rings. The lowest BCUT2D eigenvalue weighted by atomic mass is 10.1. The molecule has 4 heteroatoms. The van der Waals surface area contributed by atoms with E-state index in [1.807, 2.05) is 19.1 Å². The van der Waals surface area contributed by atoms with Crippen molar-refractivity contribution < 1.29 is 9.15 Å². The predicted molar refractivity (Wildman–Crippen MR) is 85.9 cm³/mol. The van der Waals surface area contributed by atoms with Crippen LogP contribution < -0.4 is 16.1 Å². The first-order valence-corrected chi connectivity index (χ1v) is 7.56. The summed E-state index contributed by atoms with van der Waals surface area (Å²) in [5.41, 5.74) is 6.63. The van der Waals surface area contributed by atoms with Crippen LogP contribution in [0.4, 0.5) is 5.69 Å². The van der Waals surface area contributed by atoms with E-state index in [4.69, 9.17) is 14.9 Å². The number of hydrogen-bond donors (Lipinski definition) is 1. The minimum absolute atomic E-state index is 0.130. The molecule has 1 heterocycles. The van der Waals surface area contributed by atoms with E-state index < -0.39 is 5.63 Å². The quantitative estimate of drug-likeness (QED) is 0.815. The third-order valence-corrected chi connectivity index (χ3v) is 3.64. The maximum atomic E-state index is 11.6. The Hall–Kier alpha value is -1.97. The number of fused-ring (bicyclic) bond motifs is 1. The number of anilines is 1. The van der Waals surface area contributed by atoms with Crippen molar-refractivity contribution in [2.24, 2.45) is 0 Å². The molecule has 2 rings (SSSR count). The molecule has 0 atom stereocenters. The first-order chi connectivity index (χ1) is 10.1. The minimum Gasteiger partial charge on any atom is -0.490 e. The molecule has 0 aliphatic rings. The summed E-state index contributed by atoms with van der Waals surface area (Å²) in [6.45, 7) is 6.22. The highest BCUT2D eigenvalue weighted by Crippen LogP contribution is 2.29. The highest BCUT2D eigenvalue weighted by molar-refractivity contribution is 5.83. The van der Waals surface area contributed by atoms with Crippen LogP contribution in [0.5, 0.6) is 5.75 Å². The number of benzene rings is 1. The molecule has 0 aliphatic carbocycles. The van der Waals surface area contributed by atoms with Crippen LogP contribution in [0.25, 0.3) is 11.0 Å². The third-order valence-electron chi connectivity index (χ3n) is 3.64. The molecule has 0 bridgehead atoms. The van der Waals surface area contributed by atoms with Crippen molar-refractivity contribution in [1.29, 1.82) is 0 Å². The maximum Gasteiger partial charge on any atom is 0.359 e. The molecular formula is C17H23NO3. The molecule has 2 aromatic rings. The van der Waals surface area contributed by atoms with Gasteiger partial charge in [-0.15, -0.1) is 0 Å². The average molecular weight is 289 g/mol. The van der Waals surface area contributed by atoms with E-state index in [0.29, 0.717) is 5.58 Å². The van der Waals surface area contributed by atoms with Crippen LogP contribution in [0.15, 0.2) is 27.4 Å². The van der Waals surface area contributed by atoms with Gasteiger partial charge in [-0.25, -0.2) is 4.79 Å². The van der Waals surface area contributed by atoms with Crippen molar-refractivity contribution in [1.82, 2.24) is 0 Å². The van der Waals surface area contributed by atoms with Gasteiger partial charge in [0.15, 0.2) is 0 Å². The molecule has 4 nitrogen and oxygen atoms in total. The predicted octanol–water partition coefficient (Wildman–Crippen LogP) is 4.03.